The third kappa shape index (κ3) is 5.59. The van der Waals surface area contributed by atoms with Crippen molar-refractivity contribution in [3.05, 3.63) is 18.2 Å². The summed E-state index contributed by atoms with van der Waals surface area (Å²) in [6.07, 6.45) is 9.65. The summed E-state index contributed by atoms with van der Waals surface area (Å²) in [5, 5.41) is 15.3. The van der Waals surface area contributed by atoms with Gasteiger partial charge in [0.25, 0.3) is 0 Å². The van der Waals surface area contributed by atoms with E-state index in [2.05, 4.69) is 15.6 Å². The topological polar surface area (TPSA) is 134 Å². The van der Waals surface area contributed by atoms with Crippen molar-refractivity contribution in [1.29, 1.82) is 0 Å². The molecule has 2 fully saturated rings. The van der Waals surface area contributed by atoms with E-state index in [9.17, 15) is 24.4 Å². The first-order valence-corrected chi connectivity index (χ1v) is 11.7. The molecule has 1 saturated carbocycles. The third-order valence-electron chi connectivity index (χ3n) is 7.16. The van der Waals surface area contributed by atoms with Gasteiger partial charge in [0, 0.05) is 32.3 Å². The molecule has 6 amide bonds. The van der Waals surface area contributed by atoms with E-state index in [1.165, 1.54) is 0 Å². The van der Waals surface area contributed by atoms with Gasteiger partial charge in [-0.25, -0.2) is 29.7 Å². The van der Waals surface area contributed by atoms with Crippen molar-refractivity contribution in [3.63, 3.8) is 0 Å². The van der Waals surface area contributed by atoms with Crippen molar-refractivity contribution in [3.8, 4) is 0 Å². The molecule has 2 heterocycles. The number of aromatic nitrogens is 2. The largest absolute Gasteiger partial charge is 0.432 e. The summed E-state index contributed by atoms with van der Waals surface area (Å²) in [5.74, 6) is -0.0887. The van der Waals surface area contributed by atoms with Crippen LogP contribution in [0.25, 0.3) is 0 Å². The highest BCUT2D eigenvalue weighted by Gasteiger charge is 2.55. The van der Waals surface area contributed by atoms with Gasteiger partial charge in [0.1, 0.15) is 11.9 Å². The number of carbonyl (C=O) groups excluding carboxylic acids is 4. The lowest BCUT2D eigenvalue weighted by atomic mass is 9.91. The van der Waals surface area contributed by atoms with Gasteiger partial charge in [0.15, 0.2) is 0 Å². The minimum Gasteiger partial charge on any atom is -0.337 e. The van der Waals surface area contributed by atoms with Crippen LogP contribution < -0.4 is 10.6 Å². The average Bonchev–Trinajstić information content (AvgIpc) is 3.53. The molecule has 3 atom stereocenters. The fourth-order valence-electron chi connectivity index (χ4n) is 5.27. The number of urea groups is 2. The molecule has 1 aromatic rings. The zero-order chi connectivity index (χ0) is 24.0. The minimum atomic E-state index is -0.698. The van der Waals surface area contributed by atoms with Gasteiger partial charge in [-0.3, -0.25) is 10.0 Å². The van der Waals surface area contributed by atoms with Crippen molar-refractivity contribution in [1.82, 2.24) is 25.2 Å². The van der Waals surface area contributed by atoms with E-state index in [4.69, 9.17) is 0 Å². The molecule has 3 N–H and O–H groups in total. The van der Waals surface area contributed by atoms with Gasteiger partial charge in [0.05, 0.1) is 25.6 Å². The van der Waals surface area contributed by atoms with Gasteiger partial charge in [-0.1, -0.05) is 25.7 Å². The molecule has 0 aromatic carbocycles. The monoisotopic (exact) mass is 463 g/mol. The second-order valence-corrected chi connectivity index (χ2v) is 9.30. The molecule has 1 aliphatic heterocycles. The van der Waals surface area contributed by atoms with Crippen LogP contribution in [-0.2, 0) is 23.2 Å². The molecule has 0 radical (unpaired) electrons. The van der Waals surface area contributed by atoms with E-state index in [-0.39, 0.29) is 38.0 Å². The lowest BCUT2D eigenvalue weighted by Crippen LogP contribution is -2.66. The summed E-state index contributed by atoms with van der Waals surface area (Å²) in [4.78, 5) is 54.9. The predicted molar refractivity (Wildman–Crippen MR) is 117 cm³/mol. The molecule has 1 aromatic heterocycles. The van der Waals surface area contributed by atoms with Crippen molar-refractivity contribution >= 4 is 24.4 Å². The Hall–Kier alpha value is -2.79. The molecule has 0 spiro atoms. The van der Waals surface area contributed by atoms with Gasteiger partial charge in [0.2, 0.25) is 6.41 Å². The maximum absolute atomic E-state index is 13.8. The van der Waals surface area contributed by atoms with E-state index in [0.29, 0.717) is 36.1 Å². The summed E-state index contributed by atoms with van der Waals surface area (Å²) >= 11 is 0. The molecule has 2 aliphatic rings. The fourth-order valence-corrected chi connectivity index (χ4v) is 5.27. The molecule has 1 saturated heterocycles. The normalized spacial score (nSPS) is 23.8. The number of hydrogen-bond donors (Lipinski definition) is 3. The quantitative estimate of drug-likeness (QED) is 0.233. The van der Waals surface area contributed by atoms with Gasteiger partial charge in [-0.2, -0.15) is 4.48 Å². The molecular weight excluding hydrogens is 428 g/mol. The van der Waals surface area contributed by atoms with E-state index in [0.717, 1.165) is 25.7 Å². The Morgan fingerprint density at radius 1 is 1.30 bits per heavy atom. The SMILES string of the molecule is C[C@@H]1CCC[N+]1(C(=O)NC(=O)NCc1nccn1C)C(=O)[C@H](CC1CCCC1)CN(O)C=O. The number of imide groups is 2. The van der Waals surface area contributed by atoms with E-state index >= 15 is 0 Å². The smallest absolute Gasteiger partial charge is 0.337 e. The van der Waals surface area contributed by atoms with Crippen LogP contribution in [0.3, 0.4) is 0 Å². The Labute approximate surface area is 193 Å². The number of amides is 6. The van der Waals surface area contributed by atoms with Gasteiger partial charge in [-0.15, -0.1) is 0 Å². The number of carbonyl (C=O) groups is 4. The molecule has 0 bridgehead atoms. The van der Waals surface area contributed by atoms with Crippen molar-refractivity contribution < 1.29 is 28.9 Å². The lowest BCUT2D eigenvalue weighted by Gasteiger charge is -2.36. The molecule has 1 aliphatic carbocycles. The Kier molecular flexibility index (Phi) is 8.20. The van der Waals surface area contributed by atoms with Crippen LogP contribution in [0.5, 0.6) is 0 Å². The third-order valence-corrected chi connectivity index (χ3v) is 7.16. The first kappa shape index (κ1) is 24.8. The van der Waals surface area contributed by atoms with Crippen LogP contribution in [0.4, 0.5) is 9.59 Å². The Morgan fingerprint density at radius 3 is 2.61 bits per heavy atom. The lowest BCUT2D eigenvalue weighted by molar-refractivity contribution is -0.786. The fraction of sp³-hybridized carbons (Fsp3) is 0.682. The molecule has 11 nitrogen and oxygen atoms in total. The first-order chi connectivity index (χ1) is 15.8. The van der Waals surface area contributed by atoms with Crippen molar-refractivity contribution in [2.75, 3.05) is 13.1 Å². The molecule has 11 heteroatoms. The summed E-state index contributed by atoms with van der Waals surface area (Å²) in [5.41, 5.74) is 0. The Balaban J connectivity index is 1.75. The van der Waals surface area contributed by atoms with Crippen LogP contribution in [0.1, 0.15) is 57.7 Å². The highest BCUT2D eigenvalue weighted by Crippen LogP contribution is 2.35. The van der Waals surface area contributed by atoms with E-state index in [1.54, 1.807) is 24.0 Å². The first-order valence-electron chi connectivity index (χ1n) is 11.7. The number of aryl methyl sites for hydroxylation is 1. The van der Waals surface area contributed by atoms with E-state index < -0.39 is 22.5 Å². The molecule has 1 unspecified atom stereocenters. The number of nitrogens with one attached hydrogen (secondary N) is 2. The number of quaternary nitrogens is 1. The Morgan fingerprint density at radius 2 is 2.03 bits per heavy atom. The highest BCUT2D eigenvalue weighted by molar-refractivity contribution is 5.95. The molecule has 3 rings (SSSR count). The van der Waals surface area contributed by atoms with Crippen LogP contribution in [0, 0.1) is 11.8 Å². The summed E-state index contributed by atoms with van der Waals surface area (Å²) in [7, 11) is 1.80. The van der Waals surface area contributed by atoms with E-state index in [1.807, 2.05) is 6.92 Å². The molecule has 33 heavy (non-hydrogen) atoms. The summed E-state index contributed by atoms with van der Waals surface area (Å²) in [6.45, 7) is 2.09. The van der Waals surface area contributed by atoms with Crippen molar-refractivity contribution in [2.24, 2.45) is 18.9 Å². The number of likely N-dealkylation sites (tertiary alicyclic amines) is 1. The molecular formula is C22H35N6O5+. The minimum absolute atomic E-state index is 0.134. The number of hydroxylamine groups is 2. The number of hydrogen-bond acceptors (Lipinski definition) is 6. The number of imidazole rings is 1. The highest BCUT2D eigenvalue weighted by atomic mass is 16.5. The van der Waals surface area contributed by atoms with Gasteiger partial charge in [-0.05, 0) is 19.3 Å². The predicted octanol–water partition coefficient (Wildman–Crippen LogP) is 1.91. The summed E-state index contributed by atoms with van der Waals surface area (Å²) < 4.78 is 1.25. The van der Waals surface area contributed by atoms with Crippen LogP contribution >= 0.6 is 0 Å². The average molecular weight is 464 g/mol. The van der Waals surface area contributed by atoms with Gasteiger partial charge >= 0.3 is 18.0 Å². The van der Waals surface area contributed by atoms with Gasteiger partial charge < -0.3 is 9.88 Å². The van der Waals surface area contributed by atoms with Crippen LogP contribution in [-0.4, -0.2) is 67.8 Å². The second-order valence-electron chi connectivity index (χ2n) is 9.30. The Bertz CT molecular complexity index is 867. The zero-order valence-electron chi connectivity index (χ0n) is 19.4. The second kappa shape index (κ2) is 10.9. The van der Waals surface area contributed by atoms with Crippen LogP contribution in [0.15, 0.2) is 12.4 Å². The maximum atomic E-state index is 13.8. The standard InChI is InChI=1S/C22H34N6O5/c1-16-6-5-11-28(16,22(32)25-21(31)24-13-19-23-9-10-26(19)2)20(30)18(14-27(33)15-29)12-17-7-3-4-8-17/h9-10,15-18,33H,3-8,11-14H2,1-2H3,(H-,24,25,31,32)/p+1/t16-,18-,28?/m1/s1. The summed E-state index contributed by atoms with van der Waals surface area (Å²) in [6, 6.07) is -1.68. The zero-order valence-corrected chi connectivity index (χ0v) is 19.4. The number of nitrogens with zero attached hydrogens (tertiary/aromatic N) is 4. The molecule has 182 valence electrons. The van der Waals surface area contributed by atoms with Crippen molar-refractivity contribution in [2.45, 2.75) is 64.5 Å². The maximum Gasteiger partial charge on any atom is 0.432 e. The van der Waals surface area contributed by atoms with Crippen LogP contribution in [0.2, 0.25) is 0 Å². The number of rotatable bonds is 8.